The zero-order chi connectivity index (χ0) is 20.0. The number of aryl methyl sites for hydroxylation is 1. The van der Waals surface area contributed by atoms with E-state index in [1.165, 1.54) is 12.1 Å². The molecule has 0 heterocycles. The fourth-order valence-corrected chi connectivity index (χ4v) is 2.18. The first-order valence-corrected chi connectivity index (χ1v) is 8.05. The normalized spacial score (nSPS) is 11.0. The van der Waals surface area contributed by atoms with Crippen LogP contribution in [-0.2, 0) is 20.5 Å². The second-order valence-corrected chi connectivity index (χ2v) is 5.86. The largest absolute Gasteiger partial charge is 0.482 e. The van der Waals surface area contributed by atoms with Crippen molar-refractivity contribution in [1.82, 2.24) is 0 Å². The first-order valence-electron chi connectivity index (χ1n) is 7.67. The van der Waals surface area contributed by atoms with E-state index in [0.29, 0.717) is 10.8 Å². The molecule has 1 amide bonds. The van der Waals surface area contributed by atoms with Gasteiger partial charge in [-0.2, -0.15) is 13.2 Å². The van der Waals surface area contributed by atoms with Crippen molar-refractivity contribution < 1.29 is 32.2 Å². The number of amides is 1. The van der Waals surface area contributed by atoms with Gasteiger partial charge < -0.3 is 14.8 Å². The molecular weight excluding hydrogens is 387 g/mol. The van der Waals surface area contributed by atoms with Gasteiger partial charge in [-0.3, -0.25) is 4.79 Å². The van der Waals surface area contributed by atoms with Gasteiger partial charge in [0.2, 0.25) is 0 Å². The summed E-state index contributed by atoms with van der Waals surface area (Å²) in [7, 11) is 0. The summed E-state index contributed by atoms with van der Waals surface area (Å²) < 4.78 is 48.5. The van der Waals surface area contributed by atoms with Crippen LogP contribution in [0.2, 0.25) is 5.02 Å². The highest BCUT2D eigenvalue weighted by Gasteiger charge is 2.33. The van der Waals surface area contributed by atoms with Gasteiger partial charge in [0.15, 0.2) is 13.2 Å². The van der Waals surface area contributed by atoms with Crippen molar-refractivity contribution in [3.05, 3.63) is 58.6 Å². The predicted octanol–water partition coefficient (Wildman–Crippen LogP) is 4.23. The summed E-state index contributed by atoms with van der Waals surface area (Å²) >= 11 is 5.87. The van der Waals surface area contributed by atoms with Gasteiger partial charge in [0.25, 0.3) is 5.91 Å². The molecule has 0 atom stereocenters. The fourth-order valence-electron chi connectivity index (χ4n) is 2.06. The van der Waals surface area contributed by atoms with E-state index >= 15 is 0 Å². The summed E-state index contributed by atoms with van der Waals surface area (Å²) in [6.45, 7) is 0.554. The van der Waals surface area contributed by atoms with Crippen LogP contribution in [0.4, 0.5) is 18.9 Å². The third-order valence-corrected chi connectivity index (χ3v) is 3.78. The molecule has 2 rings (SSSR count). The maximum Gasteiger partial charge on any atom is 0.418 e. The minimum absolute atomic E-state index is 0.386. The highest BCUT2D eigenvalue weighted by molar-refractivity contribution is 6.31. The zero-order valence-corrected chi connectivity index (χ0v) is 14.9. The van der Waals surface area contributed by atoms with E-state index in [1.807, 2.05) is 0 Å². The lowest BCUT2D eigenvalue weighted by molar-refractivity contribution is -0.149. The Hall–Kier alpha value is -2.74. The molecule has 0 aliphatic carbocycles. The zero-order valence-electron chi connectivity index (χ0n) is 14.1. The number of esters is 1. The predicted molar refractivity (Wildman–Crippen MR) is 92.7 cm³/mol. The summed E-state index contributed by atoms with van der Waals surface area (Å²) in [5.41, 5.74) is -0.657. The van der Waals surface area contributed by atoms with Crippen LogP contribution in [0.5, 0.6) is 5.75 Å². The lowest BCUT2D eigenvalue weighted by atomic mass is 10.1. The number of carbonyl (C=O) groups is 2. The third kappa shape index (κ3) is 6.18. The topological polar surface area (TPSA) is 64.6 Å². The number of halogens is 4. The van der Waals surface area contributed by atoms with Gasteiger partial charge in [-0.15, -0.1) is 0 Å². The van der Waals surface area contributed by atoms with Crippen LogP contribution in [0.15, 0.2) is 42.5 Å². The van der Waals surface area contributed by atoms with Crippen molar-refractivity contribution in [3.8, 4) is 5.75 Å². The van der Waals surface area contributed by atoms with Crippen LogP contribution in [0.1, 0.15) is 11.1 Å². The number of alkyl halides is 3. The molecule has 0 saturated carbocycles. The van der Waals surface area contributed by atoms with Gasteiger partial charge >= 0.3 is 12.1 Å². The van der Waals surface area contributed by atoms with E-state index in [9.17, 15) is 22.8 Å². The fraction of sp³-hybridized carbons (Fsp3) is 0.222. The number of anilines is 1. The second-order valence-electron chi connectivity index (χ2n) is 5.45. The van der Waals surface area contributed by atoms with E-state index in [1.54, 1.807) is 25.1 Å². The van der Waals surface area contributed by atoms with Crippen molar-refractivity contribution in [2.24, 2.45) is 0 Å². The Morgan fingerprint density at radius 1 is 1.11 bits per heavy atom. The molecule has 0 aliphatic rings. The Bertz CT molecular complexity index is 840. The molecule has 0 aromatic heterocycles. The van der Waals surface area contributed by atoms with Crippen LogP contribution in [0, 0.1) is 6.92 Å². The SMILES string of the molecule is Cc1cc(OCC(=O)OCC(=O)Nc2ccccc2C(F)(F)F)ccc1Cl. The van der Waals surface area contributed by atoms with Crippen molar-refractivity contribution in [1.29, 1.82) is 0 Å². The van der Waals surface area contributed by atoms with Gasteiger partial charge in [-0.05, 0) is 42.8 Å². The van der Waals surface area contributed by atoms with Crippen LogP contribution in [-0.4, -0.2) is 25.1 Å². The maximum absolute atomic E-state index is 12.9. The first-order chi connectivity index (χ1) is 12.7. The molecule has 0 bridgehead atoms. The van der Waals surface area contributed by atoms with E-state index in [2.05, 4.69) is 5.32 Å². The molecule has 2 aromatic carbocycles. The highest BCUT2D eigenvalue weighted by atomic mass is 35.5. The smallest absolute Gasteiger partial charge is 0.418 e. The van der Waals surface area contributed by atoms with Crippen molar-refractivity contribution in [3.63, 3.8) is 0 Å². The molecule has 2 aromatic rings. The maximum atomic E-state index is 12.9. The molecule has 144 valence electrons. The van der Waals surface area contributed by atoms with Gasteiger partial charge in [0, 0.05) is 5.02 Å². The molecule has 0 spiro atoms. The molecule has 27 heavy (non-hydrogen) atoms. The van der Waals surface area contributed by atoms with Crippen molar-refractivity contribution in [2.75, 3.05) is 18.5 Å². The molecule has 0 saturated heterocycles. The average Bonchev–Trinajstić information content (AvgIpc) is 2.60. The molecule has 5 nitrogen and oxygen atoms in total. The Kier molecular flexibility index (Phi) is 6.68. The second kappa shape index (κ2) is 8.77. The van der Waals surface area contributed by atoms with Crippen LogP contribution >= 0.6 is 11.6 Å². The lowest BCUT2D eigenvalue weighted by Crippen LogP contribution is -2.24. The van der Waals surface area contributed by atoms with Crippen LogP contribution in [0.25, 0.3) is 0 Å². The van der Waals surface area contributed by atoms with E-state index in [4.69, 9.17) is 21.1 Å². The molecule has 0 unspecified atom stereocenters. The van der Waals surface area contributed by atoms with Crippen molar-refractivity contribution >= 4 is 29.2 Å². The minimum atomic E-state index is -4.62. The minimum Gasteiger partial charge on any atom is -0.482 e. The van der Waals surface area contributed by atoms with E-state index < -0.39 is 42.5 Å². The number of para-hydroxylation sites is 1. The van der Waals surface area contributed by atoms with Gasteiger partial charge in [-0.1, -0.05) is 23.7 Å². The molecule has 0 radical (unpaired) electrons. The Morgan fingerprint density at radius 2 is 1.81 bits per heavy atom. The molecular formula is C18H15ClF3NO4. The van der Waals surface area contributed by atoms with E-state index in [-0.39, 0.29) is 0 Å². The summed E-state index contributed by atoms with van der Waals surface area (Å²) in [4.78, 5) is 23.4. The standard InChI is InChI=1S/C18H15ClF3NO4/c1-11-8-12(6-7-14(11)19)26-10-17(25)27-9-16(24)23-15-5-3-2-4-13(15)18(20,21)22/h2-8H,9-10H2,1H3,(H,23,24). The van der Waals surface area contributed by atoms with Gasteiger partial charge in [0.1, 0.15) is 5.75 Å². The third-order valence-electron chi connectivity index (χ3n) is 3.36. The van der Waals surface area contributed by atoms with E-state index in [0.717, 1.165) is 17.7 Å². The quantitative estimate of drug-likeness (QED) is 0.736. The highest BCUT2D eigenvalue weighted by Crippen LogP contribution is 2.34. The lowest BCUT2D eigenvalue weighted by Gasteiger charge is -2.13. The Balaban J connectivity index is 1.83. The molecule has 1 N–H and O–H groups in total. The number of hydrogen-bond acceptors (Lipinski definition) is 4. The number of ether oxygens (including phenoxy) is 2. The van der Waals surface area contributed by atoms with Crippen LogP contribution in [0.3, 0.4) is 0 Å². The van der Waals surface area contributed by atoms with Crippen molar-refractivity contribution in [2.45, 2.75) is 13.1 Å². The summed E-state index contributed by atoms with van der Waals surface area (Å²) in [6, 6.07) is 9.27. The summed E-state index contributed by atoms with van der Waals surface area (Å²) in [5, 5.41) is 2.61. The van der Waals surface area contributed by atoms with Crippen LogP contribution < -0.4 is 10.1 Å². The van der Waals surface area contributed by atoms with Gasteiger partial charge in [-0.25, -0.2) is 4.79 Å². The number of benzene rings is 2. The number of rotatable bonds is 6. The summed E-state index contributed by atoms with van der Waals surface area (Å²) in [6.07, 6.45) is -4.62. The van der Waals surface area contributed by atoms with Gasteiger partial charge in [0.05, 0.1) is 11.3 Å². The average molecular weight is 402 g/mol. The molecule has 0 fully saturated rings. The Labute approximate surface area is 158 Å². The Morgan fingerprint density at radius 3 is 2.48 bits per heavy atom. The molecule has 9 heteroatoms. The molecule has 0 aliphatic heterocycles. The monoisotopic (exact) mass is 401 g/mol. The number of nitrogens with one attached hydrogen (secondary N) is 1. The first kappa shape index (κ1) is 20.6. The summed E-state index contributed by atoms with van der Waals surface area (Å²) in [5.74, 6) is -1.36. The number of hydrogen-bond donors (Lipinski definition) is 1. The number of carbonyl (C=O) groups excluding carboxylic acids is 2.